The van der Waals surface area contributed by atoms with E-state index in [9.17, 15) is 4.79 Å². The van der Waals surface area contributed by atoms with E-state index in [0.717, 1.165) is 45.0 Å². The molecule has 1 aliphatic carbocycles. The first-order valence-electron chi connectivity index (χ1n) is 9.96. The van der Waals surface area contributed by atoms with Gasteiger partial charge in [0, 0.05) is 32.1 Å². The van der Waals surface area contributed by atoms with Gasteiger partial charge in [-0.3, -0.25) is 4.99 Å². The van der Waals surface area contributed by atoms with Crippen molar-refractivity contribution in [2.75, 3.05) is 26.2 Å². The van der Waals surface area contributed by atoms with E-state index in [0.29, 0.717) is 5.92 Å². The minimum absolute atomic E-state index is 0. The predicted octanol–water partition coefficient (Wildman–Crippen LogP) is 3.51. The zero-order valence-electron chi connectivity index (χ0n) is 17.3. The van der Waals surface area contributed by atoms with Gasteiger partial charge >= 0.3 is 6.09 Å². The van der Waals surface area contributed by atoms with Crippen molar-refractivity contribution >= 4 is 36.0 Å². The number of likely N-dealkylation sites (tertiary alicyclic amines) is 1. The molecule has 1 aromatic rings. The van der Waals surface area contributed by atoms with Crippen molar-refractivity contribution in [3.05, 3.63) is 35.4 Å². The minimum atomic E-state index is -0.474. The van der Waals surface area contributed by atoms with Crippen molar-refractivity contribution in [1.29, 1.82) is 0 Å². The maximum atomic E-state index is 12.0. The van der Waals surface area contributed by atoms with E-state index in [4.69, 9.17) is 9.73 Å². The van der Waals surface area contributed by atoms with Crippen molar-refractivity contribution in [3.63, 3.8) is 0 Å². The largest absolute Gasteiger partial charge is 0.444 e. The van der Waals surface area contributed by atoms with Crippen LogP contribution < -0.4 is 10.6 Å². The zero-order valence-corrected chi connectivity index (χ0v) is 19.7. The molecule has 1 heterocycles. The molecule has 28 heavy (non-hydrogen) atoms. The van der Waals surface area contributed by atoms with Gasteiger partial charge in [0.2, 0.25) is 0 Å². The highest BCUT2D eigenvalue weighted by Crippen LogP contribution is 2.34. The fourth-order valence-electron chi connectivity index (χ4n) is 3.69. The number of rotatable bonds is 4. The summed E-state index contributed by atoms with van der Waals surface area (Å²) in [5, 5.41) is 6.37. The quantitative estimate of drug-likeness (QED) is 0.378. The molecule has 1 aromatic carbocycles. The van der Waals surface area contributed by atoms with Gasteiger partial charge in [0.1, 0.15) is 5.60 Å². The van der Waals surface area contributed by atoms with Crippen molar-refractivity contribution in [2.24, 2.45) is 4.99 Å². The first-order valence-corrected chi connectivity index (χ1v) is 9.96. The average Bonchev–Trinajstić information content (AvgIpc) is 3.01. The maximum absolute atomic E-state index is 12.0. The van der Waals surface area contributed by atoms with Crippen LogP contribution in [-0.2, 0) is 11.2 Å². The number of carbonyl (C=O) groups is 1. The first kappa shape index (κ1) is 22.8. The number of amides is 1. The number of ether oxygens (including phenoxy) is 1. The number of halogens is 1. The molecule has 2 N–H and O–H groups in total. The summed E-state index contributed by atoms with van der Waals surface area (Å²) in [7, 11) is 0. The molecule has 0 aromatic heterocycles. The highest BCUT2D eigenvalue weighted by Gasteiger charge is 2.29. The highest BCUT2D eigenvalue weighted by molar-refractivity contribution is 14.0. The lowest BCUT2D eigenvalue weighted by Crippen LogP contribution is -2.44. The summed E-state index contributed by atoms with van der Waals surface area (Å²) in [5.74, 6) is 1.46. The second kappa shape index (κ2) is 9.80. The summed E-state index contributed by atoms with van der Waals surface area (Å²) in [6.07, 6.45) is 1.67. The molecule has 1 amide bonds. The normalized spacial score (nSPS) is 21.3. The van der Waals surface area contributed by atoms with Gasteiger partial charge in [-0.2, -0.15) is 0 Å². The number of nitrogens with zero attached hydrogens (tertiary/aromatic N) is 2. The predicted molar refractivity (Wildman–Crippen MR) is 124 cm³/mol. The number of hydrogen-bond acceptors (Lipinski definition) is 3. The van der Waals surface area contributed by atoms with Crippen LogP contribution in [-0.4, -0.2) is 54.8 Å². The van der Waals surface area contributed by atoms with Gasteiger partial charge in [-0.1, -0.05) is 24.3 Å². The number of benzene rings is 1. The molecule has 3 rings (SSSR count). The summed E-state index contributed by atoms with van der Waals surface area (Å²) in [5.41, 5.74) is 2.41. The Bertz CT molecular complexity index is 702. The van der Waals surface area contributed by atoms with Gasteiger partial charge in [-0.05, 0) is 51.7 Å². The Morgan fingerprint density at radius 3 is 2.75 bits per heavy atom. The van der Waals surface area contributed by atoms with Crippen molar-refractivity contribution in [2.45, 2.75) is 58.1 Å². The summed E-state index contributed by atoms with van der Waals surface area (Å²) in [4.78, 5) is 19.1. The van der Waals surface area contributed by atoms with Gasteiger partial charge in [-0.15, -0.1) is 24.0 Å². The Hall–Kier alpha value is -1.51. The topological polar surface area (TPSA) is 66.0 Å². The van der Waals surface area contributed by atoms with Gasteiger partial charge in [0.15, 0.2) is 5.96 Å². The number of guanidine groups is 1. The van der Waals surface area contributed by atoms with Gasteiger partial charge < -0.3 is 20.3 Å². The summed E-state index contributed by atoms with van der Waals surface area (Å²) >= 11 is 0. The Kier molecular flexibility index (Phi) is 7.97. The average molecular weight is 500 g/mol. The number of fused-ring (bicyclic) bond motifs is 1. The van der Waals surface area contributed by atoms with Crippen LogP contribution in [0.4, 0.5) is 4.79 Å². The van der Waals surface area contributed by atoms with Crippen LogP contribution in [0, 0.1) is 0 Å². The van der Waals surface area contributed by atoms with Crippen molar-refractivity contribution < 1.29 is 9.53 Å². The monoisotopic (exact) mass is 500 g/mol. The molecule has 6 nitrogen and oxygen atoms in total. The molecule has 7 heteroatoms. The van der Waals surface area contributed by atoms with Crippen LogP contribution >= 0.6 is 24.0 Å². The molecule has 1 saturated heterocycles. The molecule has 0 saturated carbocycles. The molecule has 2 unspecified atom stereocenters. The molecule has 2 atom stereocenters. The highest BCUT2D eigenvalue weighted by atomic mass is 127. The molecule has 0 radical (unpaired) electrons. The van der Waals surface area contributed by atoms with E-state index < -0.39 is 5.60 Å². The number of hydrogen-bond donors (Lipinski definition) is 2. The Labute approximate surface area is 185 Å². The van der Waals surface area contributed by atoms with Gasteiger partial charge in [0.25, 0.3) is 0 Å². The third kappa shape index (κ3) is 5.99. The molecular formula is C21H33IN4O2. The Morgan fingerprint density at radius 1 is 1.32 bits per heavy atom. The van der Waals surface area contributed by atoms with E-state index in [-0.39, 0.29) is 36.1 Å². The number of alkyl carbamates (subject to hydrolysis) is 1. The van der Waals surface area contributed by atoms with E-state index in [1.54, 1.807) is 0 Å². The number of aliphatic imine (C=N–C) groups is 1. The fraction of sp³-hybridized carbons (Fsp3) is 0.619. The van der Waals surface area contributed by atoms with Crippen LogP contribution in [0.1, 0.15) is 51.2 Å². The standard InChI is InChI=1S/C21H32N4O2.HI/c1-5-22-19(23-13-16-12-15-8-6-7-9-18(15)16)25-11-10-17(14-25)24-20(26)27-21(2,3)4;/h6-9,16-17H,5,10-14H2,1-4H3,(H,22,23)(H,24,26);1H. The minimum Gasteiger partial charge on any atom is -0.444 e. The summed E-state index contributed by atoms with van der Waals surface area (Å²) < 4.78 is 5.36. The number of carbonyl (C=O) groups excluding carboxylic acids is 1. The Balaban J connectivity index is 0.00000280. The van der Waals surface area contributed by atoms with Crippen LogP contribution in [0.5, 0.6) is 0 Å². The first-order chi connectivity index (χ1) is 12.9. The van der Waals surface area contributed by atoms with Crippen LogP contribution in [0.15, 0.2) is 29.3 Å². The van der Waals surface area contributed by atoms with Gasteiger partial charge in [0.05, 0.1) is 6.04 Å². The van der Waals surface area contributed by atoms with E-state index in [1.165, 1.54) is 11.1 Å². The third-order valence-electron chi connectivity index (χ3n) is 4.97. The summed E-state index contributed by atoms with van der Waals surface area (Å²) in [6.45, 7) is 11.0. The lowest BCUT2D eigenvalue weighted by molar-refractivity contribution is 0.0507. The maximum Gasteiger partial charge on any atom is 0.407 e. The fourth-order valence-corrected chi connectivity index (χ4v) is 3.69. The SMILES string of the molecule is CCNC(=NCC1Cc2ccccc21)N1CCC(NC(=O)OC(C)(C)C)C1.I. The second-order valence-electron chi connectivity index (χ2n) is 8.37. The third-order valence-corrected chi connectivity index (χ3v) is 4.97. The summed E-state index contributed by atoms with van der Waals surface area (Å²) in [6, 6.07) is 8.71. The van der Waals surface area contributed by atoms with E-state index >= 15 is 0 Å². The Morgan fingerprint density at radius 2 is 2.07 bits per heavy atom. The molecule has 0 spiro atoms. The van der Waals surface area contributed by atoms with Crippen LogP contribution in [0.3, 0.4) is 0 Å². The smallest absolute Gasteiger partial charge is 0.407 e. The zero-order chi connectivity index (χ0) is 19.4. The molecule has 2 aliphatic rings. The van der Waals surface area contributed by atoms with E-state index in [2.05, 4.69) is 46.7 Å². The van der Waals surface area contributed by atoms with Gasteiger partial charge in [-0.25, -0.2) is 4.79 Å². The lowest BCUT2D eigenvalue weighted by Gasteiger charge is -2.29. The van der Waals surface area contributed by atoms with Crippen molar-refractivity contribution in [1.82, 2.24) is 15.5 Å². The molecular weight excluding hydrogens is 467 g/mol. The molecule has 1 aliphatic heterocycles. The van der Waals surface area contributed by atoms with Crippen LogP contribution in [0.2, 0.25) is 0 Å². The molecule has 156 valence electrons. The number of nitrogens with one attached hydrogen (secondary N) is 2. The second-order valence-corrected chi connectivity index (χ2v) is 8.37. The lowest BCUT2D eigenvalue weighted by atomic mass is 9.78. The molecule has 1 fully saturated rings. The van der Waals surface area contributed by atoms with Crippen LogP contribution in [0.25, 0.3) is 0 Å². The molecule has 0 bridgehead atoms. The van der Waals surface area contributed by atoms with Crippen molar-refractivity contribution in [3.8, 4) is 0 Å². The van der Waals surface area contributed by atoms with E-state index in [1.807, 2.05) is 20.8 Å².